The van der Waals surface area contributed by atoms with Crippen molar-refractivity contribution in [2.45, 2.75) is 26.7 Å². The van der Waals surface area contributed by atoms with Crippen LogP contribution in [0, 0.1) is 0 Å². The molecule has 0 N–H and O–H groups in total. The molecule has 1 aromatic carbocycles. The van der Waals surface area contributed by atoms with Crippen molar-refractivity contribution in [2.75, 3.05) is 18.6 Å². The number of hydrogen-bond donors (Lipinski definition) is 0. The molecule has 0 atom stereocenters. The molecule has 1 aliphatic rings. The molecule has 1 heterocycles. The number of benzene rings is 1. The zero-order valence-electron chi connectivity index (χ0n) is 12.1. The number of rotatable bonds is 3. The van der Waals surface area contributed by atoms with Crippen LogP contribution >= 0.6 is 0 Å². The Hall–Kier alpha value is -2.10. The van der Waals surface area contributed by atoms with Gasteiger partial charge in [0.1, 0.15) is 0 Å². The van der Waals surface area contributed by atoms with Crippen molar-refractivity contribution in [1.82, 2.24) is 0 Å². The first-order valence-corrected chi connectivity index (χ1v) is 6.70. The van der Waals surface area contributed by atoms with E-state index in [-0.39, 0.29) is 11.9 Å². The van der Waals surface area contributed by atoms with E-state index in [2.05, 4.69) is 0 Å². The fourth-order valence-electron chi connectivity index (χ4n) is 2.36. The largest absolute Gasteiger partial charge is 0.465 e. The summed E-state index contributed by atoms with van der Waals surface area (Å²) in [5.41, 5.74) is 3.27. The van der Waals surface area contributed by atoms with E-state index in [1.807, 2.05) is 26.0 Å². The first kappa shape index (κ1) is 14.3. The predicted octanol–water partition coefficient (Wildman–Crippen LogP) is 3.02. The second-order valence-corrected chi connectivity index (χ2v) is 5.18. The van der Waals surface area contributed by atoms with Gasteiger partial charge in [0, 0.05) is 18.7 Å². The van der Waals surface area contributed by atoms with Crippen LogP contribution < -0.4 is 4.90 Å². The smallest absolute Gasteiger partial charge is 0.337 e. The number of hydrogen-bond acceptors (Lipinski definition) is 3. The van der Waals surface area contributed by atoms with Crippen molar-refractivity contribution < 1.29 is 14.3 Å². The average molecular weight is 273 g/mol. The number of carbonyl (C=O) groups excluding carboxylic acids is 2. The van der Waals surface area contributed by atoms with Crippen molar-refractivity contribution in [1.29, 1.82) is 0 Å². The quantitative estimate of drug-likeness (QED) is 0.795. The minimum absolute atomic E-state index is 0.107. The highest BCUT2D eigenvalue weighted by atomic mass is 16.5. The molecule has 2 rings (SSSR count). The zero-order valence-corrected chi connectivity index (χ0v) is 12.1. The Balaban J connectivity index is 2.47. The molecule has 0 radical (unpaired) electrons. The molecule has 4 nitrogen and oxygen atoms in total. The molecule has 1 aromatic rings. The van der Waals surface area contributed by atoms with Gasteiger partial charge in [-0.25, -0.2) is 4.79 Å². The second-order valence-electron chi connectivity index (χ2n) is 5.18. The number of allylic oxidation sites excluding steroid dienone is 1. The first-order valence-electron chi connectivity index (χ1n) is 6.70. The third kappa shape index (κ3) is 3.07. The minimum Gasteiger partial charge on any atom is -0.465 e. The maximum absolute atomic E-state index is 11.9. The van der Waals surface area contributed by atoms with Gasteiger partial charge in [0.2, 0.25) is 5.91 Å². The summed E-state index contributed by atoms with van der Waals surface area (Å²) in [6.07, 6.45) is 3.41. The van der Waals surface area contributed by atoms with Gasteiger partial charge >= 0.3 is 5.97 Å². The van der Waals surface area contributed by atoms with Gasteiger partial charge in [0.15, 0.2) is 0 Å². The summed E-state index contributed by atoms with van der Waals surface area (Å²) >= 11 is 0. The van der Waals surface area contributed by atoms with Crippen molar-refractivity contribution in [3.63, 3.8) is 0 Å². The van der Waals surface area contributed by atoms with Crippen LogP contribution in [0.1, 0.15) is 42.6 Å². The van der Waals surface area contributed by atoms with Crippen molar-refractivity contribution in [3.05, 3.63) is 34.9 Å². The van der Waals surface area contributed by atoms with Gasteiger partial charge < -0.3 is 9.64 Å². The van der Waals surface area contributed by atoms with Crippen molar-refractivity contribution in [3.8, 4) is 0 Å². The summed E-state index contributed by atoms with van der Waals surface area (Å²) < 4.78 is 4.78. The number of carbonyl (C=O) groups is 2. The van der Waals surface area contributed by atoms with E-state index in [1.54, 1.807) is 17.0 Å². The lowest BCUT2D eigenvalue weighted by Crippen LogP contribution is -2.24. The molecule has 1 amide bonds. The molecule has 106 valence electrons. The SMILES string of the molecule is COC(=O)c1cc(C=C(C)C)cc(N2CCCC2=O)c1. The summed E-state index contributed by atoms with van der Waals surface area (Å²) in [5, 5.41) is 0. The fraction of sp³-hybridized carbons (Fsp3) is 0.375. The highest BCUT2D eigenvalue weighted by molar-refractivity contribution is 5.98. The number of methoxy groups -OCH3 is 1. The van der Waals surface area contributed by atoms with Crippen LogP contribution in [0.2, 0.25) is 0 Å². The highest BCUT2D eigenvalue weighted by Crippen LogP contribution is 2.25. The first-order chi connectivity index (χ1) is 9.51. The molecule has 20 heavy (non-hydrogen) atoms. The normalized spacial score (nSPS) is 14.3. The minimum atomic E-state index is -0.387. The number of nitrogens with zero attached hydrogens (tertiary/aromatic N) is 1. The Labute approximate surface area is 119 Å². The van der Waals surface area contributed by atoms with E-state index >= 15 is 0 Å². The van der Waals surface area contributed by atoms with Gasteiger partial charge in [-0.3, -0.25) is 4.79 Å². The summed E-state index contributed by atoms with van der Waals surface area (Å²) in [6, 6.07) is 5.43. The third-order valence-corrected chi connectivity index (χ3v) is 3.20. The van der Waals surface area contributed by atoms with E-state index in [9.17, 15) is 9.59 Å². The predicted molar refractivity (Wildman–Crippen MR) is 78.7 cm³/mol. The molecular formula is C16H19NO3. The number of ether oxygens (including phenoxy) is 1. The summed E-state index contributed by atoms with van der Waals surface area (Å²) in [4.78, 5) is 25.3. The monoisotopic (exact) mass is 273 g/mol. The van der Waals surface area contributed by atoms with Crippen molar-refractivity contribution in [2.24, 2.45) is 0 Å². The lowest BCUT2D eigenvalue weighted by Gasteiger charge is -2.17. The number of esters is 1. The maximum atomic E-state index is 11.9. The fourth-order valence-corrected chi connectivity index (χ4v) is 2.36. The Kier molecular flexibility index (Phi) is 4.23. The van der Waals surface area contributed by atoms with Crippen LogP contribution in [0.15, 0.2) is 23.8 Å². The van der Waals surface area contributed by atoms with Gasteiger partial charge in [-0.05, 0) is 44.0 Å². The van der Waals surface area contributed by atoms with Crippen LogP contribution in [0.5, 0.6) is 0 Å². The molecule has 0 spiro atoms. The van der Waals surface area contributed by atoms with Gasteiger partial charge in [0.25, 0.3) is 0 Å². The van der Waals surface area contributed by atoms with E-state index < -0.39 is 0 Å². The molecule has 0 saturated carbocycles. The van der Waals surface area contributed by atoms with E-state index in [0.717, 1.165) is 23.2 Å². The molecule has 4 heteroatoms. The van der Waals surface area contributed by atoms with Gasteiger partial charge in [-0.15, -0.1) is 0 Å². The zero-order chi connectivity index (χ0) is 14.7. The Morgan fingerprint density at radius 2 is 2.05 bits per heavy atom. The van der Waals surface area contributed by atoms with Crippen LogP contribution in [-0.2, 0) is 9.53 Å². The highest BCUT2D eigenvalue weighted by Gasteiger charge is 2.23. The van der Waals surface area contributed by atoms with E-state index in [1.165, 1.54) is 7.11 Å². The molecule has 1 saturated heterocycles. The standard InChI is InChI=1S/C16H19NO3/c1-11(2)7-12-8-13(16(19)20-3)10-14(9-12)17-6-4-5-15(17)18/h7-10H,4-6H2,1-3H3. The second kappa shape index (κ2) is 5.90. The summed E-state index contributed by atoms with van der Waals surface area (Å²) in [7, 11) is 1.36. The van der Waals surface area contributed by atoms with Crippen LogP contribution in [0.4, 0.5) is 5.69 Å². The van der Waals surface area contributed by atoms with E-state index in [4.69, 9.17) is 4.74 Å². The van der Waals surface area contributed by atoms with Gasteiger partial charge in [-0.2, -0.15) is 0 Å². The lowest BCUT2D eigenvalue weighted by atomic mass is 10.1. The number of anilines is 1. The molecule has 1 aliphatic heterocycles. The molecule has 0 unspecified atom stereocenters. The Morgan fingerprint density at radius 3 is 2.60 bits per heavy atom. The Bertz CT molecular complexity index is 571. The van der Waals surface area contributed by atoms with Crippen molar-refractivity contribution >= 4 is 23.6 Å². The maximum Gasteiger partial charge on any atom is 0.337 e. The molecular weight excluding hydrogens is 254 g/mol. The summed E-state index contributed by atoms with van der Waals surface area (Å²) in [6.45, 7) is 4.69. The van der Waals surface area contributed by atoms with Gasteiger partial charge in [-0.1, -0.05) is 11.6 Å². The summed E-state index contributed by atoms with van der Waals surface area (Å²) in [5.74, 6) is -0.280. The van der Waals surface area contributed by atoms with Crippen LogP contribution in [-0.4, -0.2) is 25.5 Å². The number of amides is 1. The van der Waals surface area contributed by atoms with Gasteiger partial charge in [0.05, 0.1) is 12.7 Å². The Morgan fingerprint density at radius 1 is 1.30 bits per heavy atom. The third-order valence-electron chi connectivity index (χ3n) is 3.20. The molecule has 0 aliphatic carbocycles. The molecule has 0 bridgehead atoms. The molecule has 0 aromatic heterocycles. The average Bonchev–Trinajstić information content (AvgIpc) is 2.83. The van der Waals surface area contributed by atoms with Crippen LogP contribution in [0.3, 0.4) is 0 Å². The van der Waals surface area contributed by atoms with Crippen LogP contribution in [0.25, 0.3) is 6.08 Å². The molecule has 1 fully saturated rings. The topological polar surface area (TPSA) is 46.6 Å². The lowest BCUT2D eigenvalue weighted by molar-refractivity contribution is -0.117. The van der Waals surface area contributed by atoms with E-state index in [0.29, 0.717) is 18.5 Å².